The highest BCUT2D eigenvalue weighted by Crippen LogP contribution is 2.19. The summed E-state index contributed by atoms with van der Waals surface area (Å²) in [7, 11) is 0. The molecule has 1 aliphatic heterocycles. The van der Waals surface area contributed by atoms with Gasteiger partial charge in [-0.1, -0.05) is 29.3 Å². The minimum Gasteiger partial charge on any atom is -0.379 e. The molecular formula is C14H19NO2. The van der Waals surface area contributed by atoms with E-state index in [-0.39, 0.29) is 5.78 Å². The summed E-state index contributed by atoms with van der Waals surface area (Å²) in [6.07, 6.45) is 1.04. The molecule has 1 aromatic rings. The predicted octanol–water partition coefficient (Wildman–Crippen LogP) is 1.53. The molecule has 0 aromatic heterocycles. The molecule has 0 spiro atoms. The third-order valence-corrected chi connectivity index (χ3v) is 3.25. The van der Waals surface area contributed by atoms with Crippen LogP contribution < -0.4 is 5.73 Å². The van der Waals surface area contributed by atoms with Crippen molar-refractivity contribution >= 4 is 5.78 Å². The molecule has 92 valence electrons. The summed E-state index contributed by atoms with van der Waals surface area (Å²) in [5, 5.41) is 0. The van der Waals surface area contributed by atoms with Crippen LogP contribution in [0.15, 0.2) is 18.2 Å². The predicted molar refractivity (Wildman–Crippen MR) is 67.0 cm³/mol. The van der Waals surface area contributed by atoms with Gasteiger partial charge in [0.05, 0.1) is 6.61 Å². The van der Waals surface area contributed by atoms with E-state index in [2.05, 4.69) is 6.07 Å². The first kappa shape index (κ1) is 12.3. The van der Waals surface area contributed by atoms with E-state index in [1.54, 1.807) is 0 Å². The van der Waals surface area contributed by atoms with E-state index in [0.29, 0.717) is 26.1 Å². The molecule has 1 unspecified atom stereocenters. The van der Waals surface area contributed by atoms with Gasteiger partial charge in [0.1, 0.15) is 5.54 Å². The van der Waals surface area contributed by atoms with Crippen LogP contribution in [0.5, 0.6) is 0 Å². The molecule has 1 aliphatic rings. The number of aryl methyl sites for hydroxylation is 2. The molecule has 1 aromatic carbocycles. The molecule has 0 bridgehead atoms. The molecule has 0 radical (unpaired) electrons. The highest BCUT2D eigenvalue weighted by molar-refractivity contribution is 5.90. The van der Waals surface area contributed by atoms with Crippen molar-refractivity contribution in [1.82, 2.24) is 0 Å². The Bertz CT molecular complexity index is 414. The van der Waals surface area contributed by atoms with Gasteiger partial charge in [-0.25, -0.2) is 0 Å². The number of hydrogen-bond donors (Lipinski definition) is 1. The number of ether oxygens (including phenoxy) is 1. The number of ketones is 1. The molecule has 1 heterocycles. The lowest BCUT2D eigenvalue weighted by Gasteiger charge is -2.20. The Morgan fingerprint density at radius 3 is 2.53 bits per heavy atom. The lowest BCUT2D eigenvalue weighted by molar-refractivity contribution is -0.123. The molecule has 3 nitrogen and oxygen atoms in total. The fraction of sp³-hybridized carbons (Fsp3) is 0.500. The lowest BCUT2D eigenvalue weighted by atomic mass is 9.89. The van der Waals surface area contributed by atoms with Crippen molar-refractivity contribution in [2.75, 3.05) is 13.2 Å². The fourth-order valence-electron chi connectivity index (χ4n) is 2.33. The number of carbonyl (C=O) groups is 1. The maximum absolute atomic E-state index is 12.2. The average Bonchev–Trinajstić information content (AvgIpc) is 2.64. The molecule has 1 fully saturated rings. The normalized spacial score (nSPS) is 23.9. The molecule has 2 rings (SSSR count). The van der Waals surface area contributed by atoms with E-state index in [1.165, 1.54) is 11.1 Å². The minimum absolute atomic E-state index is 0.0833. The first-order valence-corrected chi connectivity index (χ1v) is 5.97. The van der Waals surface area contributed by atoms with Crippen LogP contribution in [0, 0.1) is 13.8 Å². The molecule has 1 atom stereocenters. The third kappa shape index (κ3) is 2.73. The first-order valence-electron chi connectivity index (χ1n) is 5.97. The summed E-state index contributed by atoms with van der Waals surface area (Å²) < 4.78 is 5.22. The number of carbonyl (C=O) groups excluding carboxylic acids is 1. The van der Waals surface area contributed by atoms with Gasteiger partial charge in [-0.15, -0.1) is 0 Å². The highest BCUT2D eigenvalue weighted by Gasteiger charge is 2.37. The molecule has 17 heavy (non-hydrogen) atoms. The van der Waals surface area contributed by atoms with Crippen LogP contribution in [0.3, 0.4) is 0 Å². The van der Waals surface area contributed by atoms with E-state index >= 15 is 0 Å². The fourth-order valence-corrected chi connectivity index (χ4v) is 2.33. The Morgan fingerprint density at radius 1 is 1.35 bits per heavy atom. The van der Waals surface area contributed by atoms with Crippen LogP contribution in [0.2, 0.25) is 0 Å². The van der Waals surface area contributed by atoms with Crippen LogP contribution in [0.4, 0.5) is 0 Å². The second-order valence-corrected chi connectivity index (χ2v) is 5.05. The Balaban J connectivity index is 2.12. The van der Waals surface area contributed by atoms with Crippen molar-refractivity contribution < 1.29 is 9.53 Å². The zero-order chi connectivity index (χ0) is 12.5. The van der Waals surface area contributed by atoms with Crippen molar-refractivity contribution in [2.24, 2.45) is 5.73 Å². The van der Waals surface area contributed by atoms with Crippen molar-refractivity contribution in [2.45, 2.75) is 32.2 Å². The average molecular weight is 233 g/mol. The van der Waals surface area contributed by atoms with E-state index in [0.717, 1.165) is 5.56 Å². The highest BCUT2D eigenvalue weighted by atomic mass is 16.5. The summed E-state index contributed by atoms with van der Waals surface area (Å²) >= 11 is 0. The Morgan fingerprint density at radius 2 is 2.00 bits per heavy atom. The van der Waals surface area contributed by atoms with Crippen molar-refractivity contribution in [1.29, 1.82) is 0 Å². The van der Waals surface area contributed by atoms with E-state index in [1.807, 2.05) is 26.0 Å². The van der Waals surface area contributed by atoms with Crippen LogP contribution >= 0.6 is 0 Å². The smallest absolute Gasteiger partial charge is 0.159 e. The zero-order valence-electron chi connectivity index (χ0n) is 10.5. The standard InChI is InChI=1S/C14H19NO2/c1-10-5-11(2)7-12(6-10)8-13(16)14(15)3-4-17-9-14/h5-7H,3-4,8-9,15H2,1-2H3. The summed E-state index contributed by atoms with van der Waals surface area (Å²) in [5.74, 6) is 0.0833. The van der Waals surface area contributed by atoms with Crippen LogP contribution in [-0.4, -0.2) is 24.5 Å². The topological polar surface area (TPSA) is 52.3 Å². The molecule has 3 heteroatoms. The lowest BCUT2D eigenvalue weighted by Crippen LogP contribution is -2.49. The summed E-state index contributed by atoms with van der Waals surface area (Å²) in [6.45, 7) is 5.03. The van der Waals surface area contributed by atoms with Crippen LogP contribution in [0.1, 0.15) is 23.1 Å². The largest absolute Gasteiger partial charge is 0.379 e. The number of rotatable bonds is 3. The maximum Gasteiger partial charge on any atom is 0.159 e. The van der Waals surface area contributed by atoms with Gasteiger partial charge >= 0.3 is 0 Å². The van der Waals surface area contributed by atoms with Gasteiger partial charge in [0, 0.05) is 13.0 Å². The molecule has 0 aliphatic carbocycles. The minimum atomic E-state index is -0.766. The zero-order valence-corrected chi connectivity index (χ0v) is 10.5. The number of Topliss-reactive ketones (excluding diaryl/α,β-unsaturated/α-hetero) is 1. The number of benzene rings is 1. The van der Waals surface area contributed by atoms with Crippen LogP contribution in [-0.2, 0) is 16.0 Å². The SMILES string of the molecule is Cc1cc(C)cc(CC(=O)C2(N)CCOC2)c1. The Hall–Kier alpha value is -1.19. The van der Waals surface area contributed by atoms with Gasteiger partial charge in [-0.2, -0.15) is 0 Å². The second kappa shape index (κ2) is 4.59. The van der Waals surface area contributed by atoms with Crippen molar-refractivity contribution in [3.63, 3.8) is 0 Å². The number of nitrogens with two attached hydrogens (primary N) is 1. The summed E-state index contributed by atoms with van der Waals surface area (Å²) in [6, 6.07) is 6.19. The molecule has 0 amide bonds. The monoisotopic (exact) mass is 233 g/mol. The number of hydrogen-bond acceptors (Lipinski definition) is 3. The molecule has 2 N–H and O–H groups in total. The quantitative estimate of drug-likeness (QED) is 0.861. The molecule has 1 saturated heterocycles. The van der Waals surface area contributed by atoms with Gasteiger partial charge < -0.3 is 10.5 Å². The van der Waals surface area contributed by atoms with Gasteiger partial charge in [-0.05, 0) is 25.8 Å². The van der Waals surface area contributed by atoms with Crippen molar-refractivity contribution in [3.05, 3.63) is 34.9 Å². The molecular weight excluding hydrogens is 214 g/mol. The van der Waals surface area contributed by atoms with E-state index < -0.39 is 5.54 Å². The second-order valence-electron chi connectivity index (χ2n) is 5.05. The van der Waals surface area contributed by atoms with Gasteiger partial charge in [0.25, 0.3) is 0 Å². The van der Waals surface area contributed by atoms with Gasteiger partial charge in [0.15, 0.2) is 5.78 Å². The summed E-state index contributed by atoms with van der Waals surface area (Å²) in [5.41, 5.74) is 8.70. The Labute approximate surface area is 102 Å². The van der Waals surface area contributed by atoms with E-state index in [4.69, 9.17) is 10.5 Å². The maximum atomic E-state index is 12.2. The van der Waals surface area contributed by atoms with E-state index in [9.17, 15) is 4.79 Å². The third-order valence-electron chi connectivity index (χ3n) is 3.25. The molecule has 0 saturated carbocycles. The van der Waals surface area contributed by atoms with Gasteiger partial charge in [-0.3, -0.25) is 4.79 Å². The Kier molecular flexibility index (Phi) is 3.31. The van der Waals surface area contributed by atoms with Crippen molar-refractivity contribution in [3.8, 4) is 0 Å². The van der Waals surface area contributed by atoms with Gasteiger partial charge in [0.2, 0.25) is 0 Å². The van der Waals surface area contributed by atoms with Crippen LogP contribution in [0.25, 0.3) is 0 Å². The summed E-state index contributed by atoms with van der Waals surface area (Å²) in [4.78, 5) is 12.2. The first-order chi connectivity index (χ1) is 7.99.